The fraction of sp³-hybridized carbons (Fsp3) is 0.182. The molecule has 4 nitrogen and oxygen atoms in total. The third-order valence-electron chi connectivity index (χ3n) is 4.38. The van der Waals surface area contributed by atoms with E-state index < -0.39 is 0 Å². The Labute approximate surface area is 184 Å². The van der Waals surface area contributed by atoms with Gasteiger partial charge in [-0.05, 0) is 37.6 Å². The molecular formula is C22H21Cl2N3OS. The Morgan fingerprint density at radius 1 is 1.14 bits per heavy atom. The first-order valence-corrected chi connectivity index (χ1v) is 11.0. The summed E-state index contributed by atoms with van der Waals surface area (Å²) >= 11 is 14.1. The molecule has 1 N–H and O–H groups in total. The number of rotatable bonds is 7. The molecule has 29 heavy (non-hydrogen) atoms. The van der Waals surface area contributed by atoms with Crippen molar-refractivity contribution in [1.82, 2.24) is 9.99 Å². The van der Waals surface area contributed by atoms with Gasteiger partial charge < -0.3 is 4.57 Å². The minimum Gasteiger partial charge on any atom is -0.316 e. The predicted molar refractivity (Wildman–Crippen MR) is 124 cm³/mol. The van der Waals surface area contributed by atoms with Crippen LogP contribution in [0.3, 0.4) is 0 Å². The summed E-state index contributed by atoms with van der Waals surface area (Å²) in [6, 6.07) is 17.6. The van der Waals surface area contributed by atoms with Gasteiger partial charge in [0, 0.05) is 22.7 Å². The number of nitrogens with zero attached hydrogens (tertiary/aromatic N) is 2. The Kier molecular flexibility index (Phi) is 7.42. The molecule has 0 bridgehead atoms. The first-order chi connectivity index (χ1) is 14.0. The predicted octanol–water partition coefficient (Wildman–Crippen LogP) is 5.78. The molecule has 1 amide bonds. The maximum absolute atomic E-state index is 12.0. The van der Waals surface area contributed by atoms with Crippen LogP contribution in [0.4, 0.5) is 0 Å². The highest BCUT2D eigenvalue weighted by molar-refractivity contribution is 7.99. The van der Waals surface area contributed by atoms with Gasteiger partial charge >= 0.3 is 0 Å². The van der Waals surface area contributed by atoms with E-state index in [1.807, 2.05) is 66.9 Å². The zero-order valence-electron chi connectivity index (χ0n) is 16.2. The third kappa shape index (κ3) is 5.44. The van der Waals surface area contributed by atoms with Crippen molar-refractivity contribution in [2.24, 2.45) is 5.10 Å². The third-order valence-corrected chi connectivity index (χ3v) is 6.19. The Morgan fingerprint density at radius 3 is 2.66 bits per heavy atom. The number of hydrogen-bond donors (Lipinski definition) is 1. The number of carbonyl (C=O) groups excluding carboxylic acids is 1. The van der Waals surface area contributed by atoms with Crippen molar-refractivity contribution in [3.05, 3.63) is 87.2 Å². The zero-order chi connectivity index (χ0) is 20.8. The number of thioether (sulfide) groups is 1. The fourth-order valence-electron chi connectivity index (χ4n) is 3.00. The van der Waals surface area contributed by atoms with Crippen LogP contribution in [-0.4, -0.2) is 22.4 Å². The second kappa shape index (κ2) is 10.0. The van der Waals surface area contributed by atoms with E-state index in [9.17, 15) is 4.79 Å². The monoisotopic (exact) mass is 445 g/mol. The molecule has 0 radical (unpaired) electrons. The molecular weight excluding hydrogens is 425 g/mol. The second-order valence-electron chi connectivity index (χ2n) is 6.51. The summed E-state index contributed by atoms with van der Waals surface area (Å²) in [5.74, 6) is 1.01. The number of amides is 1. The molecule has 0 unspecified atom stereocenters. The van der Waals surface area contributed by atoms with Gasteiger partial charge in [-0.1, -0.05) is 59.6 Å². The van der Waals surface area contributed by atoms with E-state index in [-0.39, 0.29) is 5.91 Å². The van der Waals surface area contributed by atoms with Crippen LogP contribution in [0, 0.1) is 13.8 Å². The summed E-state index contributed by atoms with van der Waals surface area (Å²) in [7, 11) is 0. The largest absolute Gasteiger partial charge is 0.316 e. The van der Waals surface area contributed by atoms with Gasteiger partial charge in [0.15, 0.2) is 0 Å². The topological polar surface area (TPSA) is 46.4 Å². The van der Waals surface area contributed by atoms with Crippen molar-refractivity contribution < 1.29 is 4.79 Å². The highest BCUT2D eigenvalue weighted by atomic mass is 35.5. The van der Waals surface area contributed by atoms with Gasteiger partial charge in [0.2, 0.25) is 5.91 Å². The molecule has 0 saturated carbocycles. The smallest absolute Gasteiger partial charge is 0.250 e. The quantitative estimate of drug-likeness (QED) is 0.369. The standard InChI is InChI=1S/C22H21Cl2N3OS/c1-15-11-18(16(2)27(15)20-10-6-9-19(23)22(20)24)12-25-26-21(28)14-29-13-17-7-4-3-5-8-17/h3-12H,13-14H2,1-2H3,(H,26,28)/b25-12+. The molecule has 0 aliphatic carbocycles. The number of aromatic nitrogens is 1. The average molecular weight is 446 g/mol. The summed E-state index contributed by atoms with van der Waals surface area (Å²) < 4.78 is 2.02. The fourth-order valence-corrected chi connectivity index (χ4v) is 4.16. The summed E-state index contributed by atoms with van der Waals surface area (Å²) in [6.07, 6.45) is 1.65. The van der Waals surface area contributed by atoms with Gasteiger partial charge in [-0.15, -0.1) is 11.8 Å². The van der Waals surface area contributed by atoms with Crippen LogP contribution < -0.4 is 5.43 Å². The van der Waals surface area contributed by atoms with Gasteiger partial charge in [0.25, 0.3) is 0 Å². The lowest BCUT2D eigenvalue weighted by Gasteiger charge is -2.12. The molecule has 7 heteroatoms. The molecule has 1 heterocycles. The van der Waals surface area contributed by atoms with Crippen molar-refractivity contribution >= 4 is 47.1 Å². The normalized spacial score (nSPS) is 11.2. The summed E-state index contributed by atoms with van der Waals surface area (Å²) in [5.41, 5.74) is 7.46. The van der Waals surface area contributed by atoms with E-state index in [0.29, 0.717) is 15.8 Å². The lowest BCUT2D eigenvalue weighted by molar-refractivity contribution is -0.118. The Morgan fingerprint density at radius 2 is 1.90 bits per heavy atom. The molecule has 0 spiro atoms. The molecule has 3 rings (SSSR count). The van der Waals surface area contributed by atoms with E-state index >= 15 is 0 Å². The van der Waals surface area contributed by atoms with Crippen LogP contribution in [0.1, 0.15) is 22.5 Å². The molecule has 0 aliphatic heterocycles. The number of halogens is 2. The van der Waals surface area contributed by atoms with Crippen molar-refractivity contribution in [3.8, 4) is 5.69 Å². The maximum atomic E-state index is 12.0. The number of carbonyl (C=O) groups is 1. The average Bonchev–Trinajstić information content (AvgIpc) is 2.98. The molecule has 0 aliphatic rings. The summed E-state index contributed by atoms with van der Waals surface area (Å²) in [4.78, 5) is 12.0. The number of nitrogens with one attached hydrogen (secondary N) is 1. The van der Waals surface area contributed by atoms with Crippen molar-refractivity contribution in [2.75, 3.05) is 5.75 Å². The summed E-state index contributed by atoms with van der Waals surface area (Å²) in [5, 5.41) is 5.12. The number of benzene rings is 2. The number of aryl methyl sites for hydroxylation is 1. The Balaban J connectivity index is 1.61. The number of hydrogen-bond acceptors (Lipinski definition) is 3. The molecule has 0 saturated heterocycles. The molecule has 150 valence electrons. The zero-order valence-corrected chi connectivity index (χ0v) is 18.5. The first-order valence-electron chi connectivity index (χ1n) is 9.04. The highest BCUT2D eigenvalue weighted by Gasteiger charge is 2.13. The van der Waals surface area contributed by atoms with Gasteiger partial charge in [0.1, 0.15) is 0 Å². The van der Waals surface area contributed by atoms with Crippen LogP contribution in [0.25, 0.3) is 5.69 Å². The maximum Gasteiger partial charge on any atom is 0.250 e. The van der Waals surface area contributed by atoms with Crippen molar-refractivity contribution in [1.29, 1.82) is 0 Å². The van der Waals surface area contributed by atoms with Crippen LogP contribution in [0.5, 0.6) is 0 Å². The molecule has 0 atom stereocenters. The SMILES string of the molecule is Cc1cc(/C=N/NC(=O)CSCc2ccccc2)c(C)n1-c1cccc(Cl)c1Cl. The molecule has 1 aromatic heterocycles. The van der Waals surface area contributed by atoms with Crippen LogP contribution >= 0.6 is 35.0 Å². The Hall–Kier alpha value is -2.21. The summed E-state index contributed by atoms with van der Waals surface area (Å²) in [6.45, 7) is 3.96. The van der Waals surface area contributed by atoms with Gasteiger partial charge in [-0.3, -0.25) is 4.79 Å². The van der Waals surface area contributed by atoms with Crippen LogP contribution in [0.2, 0.25) is 10.0 Å². The molecule has 0 fully saturated rings. The minimum absolute atomic E-state index is 0.131. The van der Waals surface area contributed by atoms with Crippen LogP contribution in [-0.2, 0) is 10.5 Å². The second-order valence-corrected chi connectivity index (χ2v) is 8.28. The van der Waals surface area contributed by atoms with E-state index in [4.69, 9.17) is 23.2 Å². The van der Waals surface area contributed by atoms with Gasteiger partial charge in [0.05, 0.1) is 27.7 Å². The first kappa shape index (κ1) is 21.5. The Bertz CT molecular complexity index is 1030. The van der Waals surface area contributed by atoms with E-state index in [2.05, 4.69) is 10.5 Å². The van der Waals surface area contributed by atoms with Crippen LogP contribution in [0.15, 0.2) is 59.7 Å². The van der Waals surface area contributed by atoms with E-state index in [1.54, 1.807) is 24.0 Å². The number of hydrazone groups is 1. The molecule has 3 aromatic rings. The van der Waals surface area contributed by atoms with E-state index in [0.717, 1.165) is 28.4 Å². The highest BCUT2D eigenvalue weighted by Crippen LogP contribution is 2.31. The van der Waals surface area contributed by atoms with Crippen molar-refractivity contribution in [2.45, 2.75) is 19.6 Å². The lowest BCUT2D eigenvalue weighted by atomic mass is 10.2. The minimum atomic E-state index is -0.131. The lowest BCUT2D eigenvalue weighted by Crippen LogP contribution is -2.19. The molecule has 2 aromatic carbocycles. The van der Waals surface area contributed by atoms with Gasteiger partial charge in [-0.2, -0.15) is 5.10 Å². The van der Waals surface area contributed by atoms with Crippen molar-refractivity contribution in [3.63, 3.8) is 0 Å². The van der Waals surface area contributed by atoms with E-state index in [1.165, 1.54) is 5.56 Å². The van der Waals surface area contributed by atoms with Gasteiger partial charge in [-0.25, -0.2) is 5.43 Å².